The smallest absolute Gasteiger partial charge is 0.244 e. The molecule has 1 aromatic carbocycles. The van der Waals surface area contributed by atoms with Crippen molar-refractivity contribution in [2.75, 3.05) is 12.4 Å². The summed E-state index contributed by atoms with van der Waals surface area (Å²) < 4.78 is 28.9. The lowest BCUT2D eigenvalue weighted by Crippen LogP contribution is -2.24. The number of pyridine rings is 1. The Morgan fingerprint density at radius 2 is 1.95 bits per heavy atom. The van der Waals surface area contributed by atoms with Crippen molar-refractivity contribution in [2.24, 2.45) is 0 Å². The first-order valence-corrected chi connectivity index (χ1v) is 9.07. The van der Waals surface area contributed by atoms with Crippen LogP contribution in [0.1, 0.15) is 5.56 Å². The Morgan fingerprint density at radius 1 is 1.24 bits per heavy atom. The largest absolute Gasteiger partial charge is 0.372 e. The van der Waals surface area contributed by atoms with Gasteiger partial charge in [0.05, 0.1) is 0 Å². The molecule has 2 rings (SSSR count). The average Bonchev–Trinajstić information content (AvgIpc) is 2.46. The number of rotatable bonds is 5. The van der Waals surface area contributed by atoms with E-state index in [1.165, 1.54) is 6.07 Å². The zero-order valence-corrected chi connectivity index (χ0v) is 15.1. The molecule has 2 N–H and O–H groups in total. The first-order chi connectivity index (χ1) is 9.94. The summed E-state index contributed by atoms with van der Waals surface area (Å²) >= 11 is 6.63. The normalized spacial score (nSPS) is 11.4. The fraction of sp³-hybridized carbons (Fsp3) is 0.154. The highest BCUT2D eigenvalue weighted by Gasteiger charge is 2.19. The van der Waals surface area contributed by atoms with Crippen LogP contribution >= 0.6 is 31.9 Å². The van der Waals surface area contributed by atoms with Crippen molar-refractivity contribution in [3.05, 3.63) is 51.0 Å². The van der Waals surface area contributed by atoms with Gasteiger partial charge in [-0.1, -0.05) is 34.1 Å². The molecular formula is C13H13Br2N3O2S. The van der Waals surface area contributed by atoms with Crippen LogP contribution in [0.3, 0.4) is 0 Å². The number of nitrogens with zero attached hydrogens (tertiary/aromatic N) is 1. The van der Waals surface area contributed by atoms with E-state index in [4.69, 9.17) is 0 Å². The maximum absolute atomic E-state index is 12.4. The van der Waals surface area contributed by atoms with Crippen molar-refractivity contribution in [3.63, 3.8) is 0 Å². The average molecular weight is 435 g/mol. The third-order valence-electron chi connectivity index (χ3n) is 2.76. The molecule has 0 fully saturated rings. The van der Waals surface area contributed by atoms with E-state index in [1.807, 2.05) is 24.3 Å². The van der Waals surface area contributed by atoms with E-state index in [-0.39, 0.29) is 11.4 Å². The molecule has 0 saturated carbocycles. The summed E-state index contributed by atoms with van der Waals surface area (Å²) in [5.74, 6) is 0.304. The van der Waals surface area contributed by atoms with Gasteiger partial charge in [0.2, 0.25) is 10.0 Å². The van der Waals surface area contributed by atoms with Gasteiger partial charge in [-0.25, -0.2) is 18.1 Å². The third kappa shape index (κ3) is 4.03. The van der Waals surface area contributed by atoms with Crippen LogP contribution in [0.2, 0.25) is 0 Å². The number of anilines is 1. The van der Waals surface area contributed by atoms with Crippen LogP contribution in [0.25, 0.3) is 0 Å². The van der Waals surface area contributed by atoms with Crippen molar-refractivity contribution in [2.45, 2.75) is 11.4 Å². The van der Waals surface area contributed by atoms with Crippen LogP contribution in [0, 0.1) is 0 Å². The number of halogens is 2. The minimum Gasteiger partial charge on any atom is -0.372 e. The van der Waals surface area contributed by atoms with Crippen LogP contribution < -0.4 is 10.0 Å². The fourth-order valence-corrected chi connectivity index (χ4v) is 3.81. The summed E-state index contributed by atoms with van der Waals surface area (Å²) in [6, 6.07) is 8.96. The molecule has 0 atom stereocenters. The third-order valence-corrected chi connectivity index (χ3v) is 5.38. The predicted molar refractivity (Wildman–Crippen MR) is 89.7 cm³/mol. The highest BCUT2D eigenvalue weighted by molar-refractivity contribution is 9.10. The number of benzene rings is 1. The van der Waals surface area contributed by atoms with Gasteiger partial charge < -0.3 is 5.32 Å². The number of aromatic nitrogens is 1. The molecule has 0 bridgehead atoms. The van der Waals surface area contributed by atoms with E-state index >= 15 is 0 Å². The monoisotopic (exact) mass is 433 g/mol. The lowest BCUT2D eigenvalue weighted by atomic mass is 10.2. The Morgan fingerprint density at radius 3 is 2.62 bits per heavy atom. The SMILES string of the molecule is CNc1ncc(Br)cc1S(=O)(=O)NCc1ccccc1Br. The van der Waals surface area contributed by atoms with Crippen LogP contribution in [-0.4, -0.2) is 20.4 Å². The summed E-state index contributed by atoms with van der Waals surface area (Å²) in [4.78, 5) is 4.15. The Hall–Kier alpha value is -0.960. The van der Waals surface area contributed by atoms with Gasteiger partial charge in [0.15, 0.2) is 0 Å². The minimum absolute atomic E-state index is 0.103. The first kappa shape index (κ1) is 16.4. The number of nitrogens with one attached hydrogen (secondary N) is 2. The maximum atomic E-state index is 12.4. The summed E-state index contributed by atoms with van der Waals surface area (Å²) in [5, 5.41) is 2.78. The van der Waals surface area contributed by atoms with Crippen molar-refractivity contribution in [1.82, 2.24) is 9.71 Å². The Balaban J connectivity index is 2.27. The second-order valence-electron chi connectivity index (χ2n) is 4.17. The molecular weight excluding hydrogens is 422 g/mol. The van der Waals surface area contributed by atoms with Gasteiger partial charge in [-0.2, -0.15) is 0 Å². The van der Waals surface area contributed by atoms with E-state index < -0.39 is 10.0 Å². The molecule has 0 spiro atoms. The topological polar surface area (TPSA) is 71.1 Å². The molecule has 8 heteroatoms. The number of hydrogen-bond donors (Lipinski definition) is 2. The molecule has 0 radical (unpaired) electrons. The van der Waals surface area contributed by atoms with Crippen LogP contribution in [0.5, 0.6) is 0 Å². The van der Waals surface area contributed by atoms with Gasteiger partial charge in [-0.15, -0.1) is 0 Å². The van der Waals surface area contributed by atoms with Gasteiger partial charge in [0, 0.05) is 28.7 Å². The lowest BCUT2D eigenvalue weighted by molar-refractivity contribution is 0.581. The summed E-state index contributed by atoms with van der Waals surface area (Å²) in [7, 11) is -2.04. The molecule has 1 heterocycles. The summed E-state index contributed by atoms with van der Waals surface area (Å²) in [6.45, 7) is 0.194. The molecule has 0 saturated heterocycles. The van der Waals surface area contributed by atoms with Gasteiger partial charge >= 0.3 is 0 Å². The maximum Gasteiger partial charge on any atom is 0.244 e. The Labute approximate surface area is 140 Å². The molecule has 0 aliphatic rings. The van der Waals surface area contributed by atoms with Crippen molar-refractivity contribution in [3.8, 4) is 0 Å². The Bertz CT molecular complexity index is 751. The number of hydrogen-bond acceptors (Lipinski definition) is 4. The zero-order valence-electron chi connectivity index (χ0n) is 11.1. The van der Waals surface area contributed by atoms with Crippen LogP contribution in [0.4, 0.5) is 5.82 Å². The highest BCUT2D eigenvalue weighted by Crippen LogP contribution is 2.23. The van der Waals surface area contributed by atoms with E-state index in [1.54, 1.807) is 13.2 Å². The molecule has 0 amide bonds. The van der Waals surface area contributed by atoms with Crippen LogP contribution in [0.15, 0.2) is 50.4 Å². The molecule has 1 aromatic heterocycles. The number of sulfonamides is 1. The van der Waals surface area contributed by atoms with Crippen molar-refractivity contribution >= 4 is 47.7 Å². The van der Waals surface area contributed by atoms with Crippen molar-refractivity contribution in [1.29, 1.82) is 0 Å². The Kier molecular flexibility index (Phi) is 5.37. The molecule has 112 valence electrons. The van der Waals surface area contributed by atoms with Gasteiger partial charge in [0.25, 0.3) is 0 Å². The summed E-state index contributed by atoms with van der Waals surface area (Å²) in [5.41, 5.74) is 0.857. The summed E-state index contributed by atoms with van der Waals surface area (Å²) in [6.07, 6.45) is 1.54. The fourth-order valence-electron chi connectivity index (χ4n) is 1.71. The molecule has 5 nitrogen and oxygen atoms in total. The lowest BCUT2D eigenvalue weighted by Gasteiger charge is -2.11. The van der Waals surface area contributed by atoms with E-state index in [2.05, 4.69) is 46.9 Å². The standard InChI is InChI=1S/C13H13Br2N3O2S/c1-16-13-12(6-10(14)8-17-13)21(19,20)18-7-9-4-2-3-5-11(9)15/h2-6,8,18H,7H2,1H3,(H,16,17). The van der Waals surface area contributed by atoms with Crippen LogP contribution in [-0.2, 0) is 16.6 Å². The van der Waals surface area contributed by atoms with Gasteiger partial charge in [-0.05, 0) is 33.6 Å². The van der Waals surface area contributed by atoms with Gasteiger partial charge in [-0.3, -0.25) is 0 Å². The molecule has 2 aromatic rings. The zero-order chi connectivity index (χ0) is 15.5. The first-order valence-electron chi connectivity index (χ1n) is 6.00. The van der Waals surface area contributed by atoms with E-state index in [0.717, 1.165) is 10.0 Å². The molecule has 21 heavy (non-hydrogen) atoms. The molecule has 0 unspecified atom stereocenters. The van der Waals surface area contributed by atoms with E-state index in [9.17, 15) is 8.42 Å². The highest BCUT2D eigenvalue weighted by atomic mass is 79.9. The molecule has 0 aliphatic carbocycles. The minimum atomic E-state index is -3.67. The van der Waals surface area contributed by atoms with Gasteiger partial charge in [0.1, 0.15) is 10.7 Å². The van der Waals surface area contributed by atoms with Crippen molar-refractivity contribution < 1.29 is 8.42 Å². The quantitative estimate of drug-likeness (QED) is 0.758. The second-order valence-corrected chi connectivity index (χ2v) is 7.67. The second kappa shape index (κ2) is 6.87. The molecule has 0 aliphatic heterocycles. The predicted octanol–water partition coefficient (Wildman–Crippen LogP) is 3.13. The van der Waals surface area contributed by atoms with E-state index in [0.29, 0.717) is 10.3 Å².